The second-order valence-electron chi connectivity index (χ2n) is 16.4. The minimum atomic E-state index is -2.11. The van der Waals surface area contributed by atoms with E-state index >= 15 is 4.79 Å². The molecule has 15 heteroatoms. The molecule has 15 nitrogen and oxygen atoms in total. The fraction of sp³-hybridized carbons (Fsp3) is 0.245. The Labute approximate surface area is 367 Å². The van der Waals surface area contributed by atoms with Crippen molar-refractivity contribution in [3.63, 3.8) is 0 Å². The summed E-state index contributed by atoms with van der Waals surface area (Å²) >= 11 is 0. The molecule has 4 heterocycles. The van der Waals surface area contributed by atoms with Crippen LogP contribution in [0.1, 0.15) is 59.9 Å². The number of para-hydroxylation sites is 1. The van der Waals surface area contributed by atoms with Crippen molar-refractivity contribution >= 4 is 46.5 Å². The lowest BCUT2D eigenvalue weighted by atomic mass is 9.65. The summed E-state index contributed by atoms with van der Waals surface area (Å²) in [5, 5.41) is 21.8. The van der Waals surface area contributed by atoms with E-state index in [4.69, 9.17) is 15.2 Å². The van der Waals surface area contributed by atoms with Crippen LogP contribution in [0, 0.1) is 23.7 Å². The lowest BCUT2D eigenvalue weighted by Gasteiger charge is -2.46. The van der Waals surface area contributed by atoms with Gasteiger partial charge < -0.3 is 25.6 Å². The molecule has 64 heavy (non-hydrogen) atoms. The van der Waals surface area contributed by atoms with Crippen molar-refractivity contribution < 1.29 is 38.6 Å². The van der Waals surface area contributed by atoms with E-state index in [2.05, 4.69) is 27.5 Å². The van der Waals surface area contributed by atoms with E-state index in [1.54, 1.807) is 48.9 Å². The Morgan fingerprint density at radius 3 is 2.22 bits per heavy atom. The topological polar surface area (TPSA) is 199 Å². The SMILES string of the molecule is COC(=O)[C@@H](NC(=O)N1C(=O)[C@@]2(c3cc(C#CCn4nnc5ccccc54)ccc31)[C@H](c1ccc(O)cc1)N1[C@H](c3ccccc3)[C@H](c3ccccc3)OC(=O)[C@H]1[C@@H]2C(N)=O)C(C)C. The van der Waals surface area contributed by atoms with Gasteiger partial charge in [0.2, 0.25) is 11.8 Å². The van der Waals surface area contributed by atoms with Gasteiger partial charge in [-0.05, 0) is 70.6 Å². The highest BCUT2D eigenvalue weighted by Crippen LogP contribution is 2.65. The molecule has 2 saturated heterocycles. The van der Waals surface area contributed by atoms with Crippen LogP contribution in [0.4, 0.5) is 10.5 Å². The number of esters is 2. The number of carbonyl (C=O) groups is 5. The monoisotopic (exact) mass is 857 g/mol. The molecular formula is C49H43N7O8. The summed E-state index contributed by atoms with van der Waals surface area (Å²) < 4.78 is 13.0. The number of anilines is 1. The summed E-state index contributed by atoms with van der Waals surface area (Å²) in [7, 11) is 1.20. The first kappa shape index (κ1) is 41.5. The van der Waals surface area contributed by atoms with E-state index in [0.717, 1.165) is 10.4 Å². The Morgan fingerprint density at radius 2 is 1.55 bits per heavy atom. The van der Waals surface area contributed by atoms with Crippen LogP contribution >= 0.6 is 0 Å². The second-order valence-corrected chi connectivity index (χ2v) is 16.4. The van der Waals surface area contributed by atoms with Gasteiger partial charge in [0, 0.05) is 5.56 Å². The number of amides is 4. The number of fused-ring (bicyclic) bond motifs is 4. The third kappa shape index (κ3) is 6.70. The van der Waals surface area contributed by atoms with Crippen LogP contribution in [0.3, 0.4) is 0 Å². The molecule has 6 aromatic rings. The summed E-state index contributed by atoms with van der Waals surface area (Å²) in [6, 6.07) is 31.3. The number of phenolic OH excluding ortho intramolecular Hbond substituents is 1. The number of cyclic esters (lactones) is 1. The molecule has 322 valence electrons. The third-order valence-corrected chi connectivity index (χ3v) is 12.5. The minimum Gasteiger partial charge on any atom is -0.508 e. The largest absolute Gasteiger partial charge is 0.508 e. The van der Waals surface area contributed by atoms with Gasteiger partial charge in [-0.25, -0.2) is 19.2 Å². The van der Waals surface area contributed by atoms with Gasteiger partial charge in [0.05, 0.1) is 36.3 Å². The molecule has 0 aliphatic carbocycles. The van der Waals surface area contributed by atoms with E-state index in [0.29, 0.717) is 27.8 Å². The maximum atomic E-state index is 16.1. The molecule has 1 spiro atoms. The summed E-state index contributed by atoms with van der Waals surface area (Å²) in [4.78, 5) is 76.0. The number of rotatable bonds is 8. The maximum absolute atomic E-state index is 16.1. The fourth-order valence-electron chi connectivity index (χ4n) is 9.74. The number of carbonyl (C=O) groups excluding carboxylic acids is 5. The molecule has 3 aliphatic rings. The first-order valence-electron chi connectivity index (χ1n) is 20.8. The molecule has 0 saturated carbocycles. The quantitative estimate of drug-likeness (QED) is 0.134. The number of hydrogen-bond acceptors (Lipinski definition) is 11. The van der Waals surface area contributed by atoms with Crippen molar-refractivity contribution in [1.82, 2.24) is 25.2 Å². The molecule has 4 amide bonds. The highest BCUT2D eigenvalue weighted by molar-refractivity contribution is 6.25. The van der Waals surface area contributed by atoms with Crippen LogP contribution in [-0.4, -0.2) is 74.0 Å². The van der Waals surface area contributed by atoms with Gasteiger partial charge in [0.15, 0.2) is 0 Å². The predicted molar refractivity (Wildman–Crippen MR) is 233 cm³/mol. The first-order valence-corrected chi connectivity index (χ1v) is 20.8. The van der Waals surface area contributed by atoms with E-state index < -0.39 is 77.3 Å². The fourth-order valence-corrected chi connectivity index (χ4v) is 9.74. The minimum absolute atomic E-state index is 0.0713. The number of nitrogens with zero attached hydrogens (tertiary/aromatic N) is 5. The number of nitrogens with two attached hydrogens (primary N) is 1. The van der Waals surface area contributed by atoms with E-state index in [-0.39, 0.29) is 23.5 Å². The average molecular weight is 858 g/mol. The average Bonchev–Trinajstić information content (AvgIpc) is 3.94. The van der Waals surface area contributed by atoms with Gasteiger partial charge in [-0.15, -0.1) is 5.10 Å². The van der Waals surface area contributed by atoms with Crippen LogP contribution in [0.15, 0.2) is 127 Å². The number of hydrogen-bond donors (Lipinski definition) is 3. The molecular weight excluding hydrogens is 815 g/mol. The molecule has 7 atom stereocenters. The van der Waals surface area contributed by atoms with Gasteiger partial charge in [0.1, 0.15) is 41.4 Å². The Kier molecular flexibility index (Phi) is 10.7. The number of phenols is 1. The number of aromatic nitrogens is 3. The summed E-state index contributed by atoms with van der Waals surface area (Å²) in [6.07, 6.45) is -0.942. The number of ether oxygens (including phenoxy) is 2. The Bertz CT molecular complexity index is 2870. The molecule has 3 aliphatic heterocycles. The number of urea groups is 1. The summed E-state index contributed by atoms with van der Waals surface area (Å²) in [5.41, 5.74) is 8.31. The molecule has 2 fully saturated rings. The number of nitrogens with one attached hydrogen (secondary N) is 1. The van der Waals surface area contributed by atoms with Gasteiger partial charge in [-0.2, -0.15) is 0 Å². The number of methoxy groups -OCH3 is 1. The lowest BCUT2D eigenvalue weighted by Crippen LogP contribution is -2.57. The number of morpholine rings is 1. The van der Waals surface area contributed by atoms with Crippen LogP contribution in [0.2, 0.25) is 0 Å². The van der Waals surface area contributed by atoms with E-state index in [1.165, 1.54) is 19.2 Å². The number of aromatic hydroxyl groups is 1. The van der Waals surface area contributed by atoms with Crippen molar-refractivity contribution in [2.75, 3.05) is 12.0 Å². The van der Waals surface area contributed by atoms with Gasteiger partial charge in [0.25, 0.3) is 0 Å². The van der Waals surface area contributed by atoms with Crippen LogP contribution < -0.4 is 16.0 Å². The normalized spacial score (nSPS) is 22.9. The second kappa shape index (κ2) is 16.5. The van der Waals surface area contributed by atoms with Crippen molar-refractivity contribution in [1.29, 1.82) is 0 Å². The molecule has 9 rings (SSSR count). The van der Waals surface area contributed by atoms with E-state index in [9.17, 15) is 24.3 Å². The predicted octanol–water partition coefficient (Wildman–Crippen LogP) is 5.25. The van der Waals surface area contributed by atoms with Crippen LogP contribution in [0.25, 0.3) is 11.0 Å². The zero-order valence-electron chi connectivity index (χ0n) is 35.0. The van der Waals surface area contributed by atoms with Gasteiger partial charge >= 0.3 is 18.0 Å². The Hall–Kier alpha value is -7.83. The molecule has 5 aromatic carbocycles. The highest BCUT2D eigenvalue weighted by atomic mass is 16.6. The number of primary amides is 1. The molecule has 1 aromatic heterocycles. The van der Waals surface area contributed by atoms with Crippen molar-refractivity contribution in [2.24, 2.45) is 17.6 Å². The Morgan fingerprint density at radius 1 is 0.875 bits per heavy atom. The van der Waals surface area contributed by atoms with Gasteiger partial charge in [-0.3, -0.25) is 19.3 Å². The molecule has 4 N–H and O–H groups in total. The van der Waals surface area contributed by atoms with Crippen LogP contribution in [0.5, 0.6) is 5.75 Å². The highest BCUT2D eigenvalue weighted by Gasteiger charge is 2.75. The molecule has 0 unspecified atom stereocenters. The third-order valence-electron chi connectivity index (χ3n) is 12.5. The Balaban J connectivity index is 1.29. The lowest BCUT2D eigenvalue weighted by molar-refractivity contribution is -0.178. The molecule has 0 radical (unpaired) electrons. The first-order chi connectivity index (χ1) is 30.9. The van der Waals surface area contributed by atoms with Crippen molar-refractivity contribution in [3.05, 3.63) is 155 Å². The van der Waals surface area contributed by atoms with E-state index in [1.807, 2.05) is 89.8 Å². The van der Waals surface area contributed by atoms with Crippen molar-refractivity contribution in [3.8, 4) is 17.6 Å². The standard InChI is InChI=1S/C49H43N7O8/c1-28(2)39(45(59)63-3)51-48(62)55-36-25-20-29(13-12-26-54-37-19-11-10-18-35(37)52-53-54)27-34(36)49(47(55)61)38(44(50)58)41-46(60)64-42(31-16-8-5-9-17-31)40(30-14-6-4-7-15-30)56(41)43(49)32-21-23-33(57)24-22-32/h4-11,14-25,27-28,38-43,57H,26H2,1-3H3,(H2,50,58)(H,51,62)/t38-,39+,40-,41-,42+,43+,49-/m1/s1. The van der Waals surface area contributed by atoms with Crippen LogP contribution in [-0.2, 0) is 40.6 Å². The summed E-state index contributed by atoms with van der Waals surface area (Å²) in [5.74, 6) is 0.734. The maximum Gasteiger partial charge on any atom is 0.329 e. The number of benzene rings is 5. The molecule has 0 bridgehead atoms. The smallest absolute Gasteiger partial charge is 0.329 e. The zero-order chi connectivity index (χ0) is 44.9. The summed E-state index contributed by atoms with van der Waals surface area (Å²) in [6.45, 7) is 3.59. The van der Waals surface area contributed by atoms with Gasteiger partial charge in [-0.1, -0.05) is 116 Å². The number of imide groups is 1. The zero-order valence-corrected chi connectivity index (χ0v) is 35.0. The van der Waals surface area contributed by atoms with Crippen molar-refractivity contribution in [2.45, 2.75) is 56.1 Å².